The van der Waals surface area contributed by atoms with Gasteiger partial charge >= 0.3 is 0 Å². The first-order valence-corrected chi connectivity index (χ1v) is 17.3. The second-order valence-electron chi connectivity index (χ2n) is 11.6. The Hall–Kier alpha value is -2.83. The van der Waals surface area contributed by atoms with Crippen molar-refractivity contribution in [1.29, 1.82) is 0 Å². The van der Waals surface area contributed by atoms with Crippen LogP contribution in [0.5, 0.6) is 11.5 Å². The molecular formula is C33H45NO3SSi. The number of hydrogen-bond donors (Lipinski definition) is 1. The van der Waals surface area contributed by atoms with E-state index in [4.69, 9.17) is 26.1 Å². The average molecular weight is 564 g/mol. The fourth-order valence-electron chi connectivity index (χ4n) is 4.09. The molecule has 6 heteroatoms. The van der Waals surface area contributed by atoms with Crippen LogP contribution in [0.3, 0.4) is 0 Å². The summed E-state index contributed by atoms with van der Waals surface area (Å²) in [5.41, 5.74) is 3.79. The van der Waals surface area contributed by atoms with E-state index in [1.165, 1.54) is 16.7 Å². The van der Waals surface area contributed by atoms with E-state index >= 15 is 0 Å². The molecule has 0 aliphatic carbocycles. The number of benzene rings is 3. The third-order valence-corrected chi connectivity index (χ3v) is 12.1. The Balaban J connectivity index is 1.62. The first-order chi connectivity index (χ1) is 18.6. The molecule has 210 valence electrons. The van der Waals surface area contributed by atoms with Gasteiger partial charge in [-0.25, -0.2) is 0 Å². The molecular weight excluding hydrogens is 519 g/mol. The fourth-order valence-corrected chi connectivity index (χ4v) is 5.35. The van der Waals surface area contributed by atoms with Crippen LogP contribution in [0.2, 0.25) is 18.1 Å². The highest BCUT2D eigenvalue weighted by Crippen LogP contribution is 2.40. The molecule has 0 aromatic heterocycles. The average Bonchev–Trinajstić information content (AvgIpc) is 2.91. The van der Waals surface area contributed by atoms with E-state index in [9.17, 15) is 0 Å². The lowest BCUT2D eigenvalue weighted by molar-refractivity contribution is 0.165. The first kappa shape index (κ1) is 30.7. The highest BCUT2D eigenvalue weighted by molar-refractivity contribution is 7.80. The minimum absolute atomic E-state index is 0.0103. The van der Waals surface area contributed by atoms with Crippen LogP contribution in [0.15, 0.2) is 78.9 Å². The molecule has 0 amide bonds. The summed E-state index contributed by atoms with van der Waals surface area (Å²) < 4.78 is 18.6. The number of methoxy groups -OCH3 is 1. The van der Waals surface area contributed by atoms with Crippen LogP contribution >= 0.6 is 12.2 Å². The Kier molecular flexibility index (Phi) is 11.4. The van der Waals surface area contributed by atoms with Gasteiger partial charge in [0.05, 0.1) is 7.11 Å². The minimum atomic E-state index is -1.96. The standard InChI is InChI=1S/C33H45NO3SSi/c1-33(2,3)39(5,6)37-30-22-19-28(25-31(30)35-4)18-21-29(20-17-26-13-9-7-10-14-26)36-32(38)34-24-23-27-15-11-8-12-16-27/h7-16,19,22,25,29H,17-18,20-21,23-24H2,1-6H3,(H,34,38). The smallest absolute Gasteiger partial charge is 0.256 e. The summed E-state index contributed by atoms with van der Waals surface area (Å²) in [7, 11) is -0.252. The van der Waals surface area contributed by atoms with Gasteiger partial charge in [0.2, 0.25) is 0 Å². The maximum Gasteiger partial charge on any atom is 0.256 e. The Morgan fingerprint density at radius 3 is 1.92 bits per heavy atom. The zero-order valence-electron chi connectivity index (χ0n) is 24.5. The lowest BCUT2D eigenvalue weighted by Gasteiger charge is -2.36. The molecule has 0 saturated carbocycles. The van der Waals surface area contributed by atoms with Gasteiger partial charge in [-0.15, -0.1) is 0 Å². The predicted octanol–water partition coefficient (Wildman–Crippen LogP) is 8.15. The van der Waals surface area contributed by atoms with Crippen LogP contribution < -0.4 is 14.5 Å². The SMILES string of the molecule is COc1cc(CCC(CCc2ccccc2)OC(=S)NCCc2ccccc2)ccc1O[Si](C)(C)C(C)(C)C. The molecule has 1 N–H and O–H groups in total. The monoisotopic (exact) mass is 563 g/mol. The van der Waals surface area contributed by atoms with Crippen molar-refractivity contribution in [1.82, 2.24) is 5.32 Å². The molecule has 1 atom stereocenters. The van der Waals surface area contributed by atoms with Gasteiger partial charge in [-0.2, -0.15) is 0 Å². The lowest BCUT2D eigenvalue weighted by atomic mass is 10.0. The maximum absolute atomic E-state index is 6.54. The van der Waals surface area contributed by atoms with Gasteiger partial charge < -0.3 is 19.2 Å². The number of ether oxygens (including phenoxy) is 2. The van der Waals surface area contributed by atoms with E-state index in [1.54, 1.807) is 7.11 Å². The zero-order valence-corrected chi connectivity index (χ0v) is 26.3. The van der Waals surface area contributed by atoms with Crippen molar-refractivity contribution in [3.63, 3.8) is 0 Å². The van der Waals surface area contributed by atoms with Crippen molar-refractivity contribution in [3.8, 4) is 11.5 Å². The number of thiocarbonyl (C=S) groups is 1. The topological polar surface area (TPSA) is 39.7 Å². The summed E-state index contributed by atoms with van der Waals surface area (Å²) in [6.07, 6.45) is 4.48. The van der Waals surface area contributed by atoms with E-state index < -0.39 is 8.32 Å². The molecule has 0 aliphatic rings. The van der Waals surface area contributed by atoms with Crippen LogP contribution in [0.4, 0.5) is 0 Å². The summed E-state index contributed by atoms with van der Waals surface area (Å²) >= 11 is 5.58. The summed E-state index contributed by atoms with van der Waals surface area (Å²) in [5.74, 6) is 1.62. The Bertz CT molecular complexity index is 1160. The van der Waals surface area contributed by atoms with Crippen molar-refractivity contribution in [3.05, 3.63) is 95.6 Å². The van der Waals surface area contributed by atoms with Crippen LogP contribution in [0.1, 0.15) is 50.3 Å². The molecule has 0 aliphatic heterocycles. The second kappa shape index (κ2) is 14.5. The largest absolute Gasteiger partial charge is 0.541 e. The van der Waals surface area contributed by atoms with Crippen LogP contribution in [-0.2, 0) is 24.0 Å². The van der Waals surface area contributed by atoms with E-state index in [2.05, 4.69) is 112 Å². The van der Waals surface area contributed by atoms with Gasteiger partial charge in [-0.3, -0.25) is 0 Å². The van der Waals surface area contributed by atoms with Crippen LogP contribution in [-0.4, -0.2) is 33.3 Å². The summed E-state index contributed by atoms with van der Waals surface area (Å²) in [5, 5.41) is 3.88. The van der Waals surface area contributed by atoms with Gasteiger partial charge in [0.1, 0.15) is 11.9 Å². The third-order valence-electron chi connectivity index (χ3n) is 7.55. The Morgan fingerprint density at radius 1 is 0.795 bits per heavy atom. The van der Waals surface area contributed by atoms with E-state index in [-0.39, 0.29) is 11.1 Å². The number of rotatable bonds is 13. The van der Waals surface area contributed by atoms with Crippen LogP contribution in [0.25, 0.3) is 0 Å². The van der Waals surface area contributed by atoms with Gasteiger partial charge in [-0.1, -0.05) is 87.5 Å². The third kappa shape index (κ3) is 10.0. The van der Waals surface area contributed by atoms with Gasteiger partial charge in [0, 0.05) is 6.54 Å². The minimum Gasteiger partial charge on any atom is -0.541 e. The second-order valence-corrected chi connectivity index (χ2v) is 16.7. The van der Waals surface area contributed by atoms with Crippen molar-refractivity contribution in [2.24, 2.45) is 0 Å². The van der Waals surface area contributed by atoms with E-state index in [1.807, 2.05) is 6.07 Å². The molecule has 0 heterocycles. The molecule has 39 heavy (non-hydrogen) atoms. The molecule has 0 spiro atoms. The van der Waals surface area contributed by atoms with Crippen molar-refractivity contribution in [2.45, 2.75) is 77.1 Å². The molecule has 0 saturated heterocycles. The van der Waals surface area contributed by atoms with Crippen molar-refractivity contribution in [2.75, 3.05) is 13.7 Å². The molecule has 0 bridgehead atoms. The molecule has 0 radical (unpaired) electrons. The normalized spacial score (nSPS) is 12.5. The Labute approximate surface area is 242 Å². The summed E-state index contributed by atoms with van der Waals surface area (Å²) in [6, 6.07) is 27.3. The van der Waals surface area contributed by atoms with Gasteiger partial charge in [0.25, 0.3) is 13.5 Å². The summed E-state index contributed by atoms with van der Waals surface area (Å²) in [4.78, 5) is 0. The quantitative estimate of drug-likeness (QED) is 0.168. The predicted molar refractivity (Wildman–Crippen MR) is 170 cm³/mol. The van der Waals surface area contributed by atoms with E-state index in [0.717, 1.165) is 50.1 Å². The van der Waals surface area contributed by atoms with Crippen molar-refractivity contribution < 1.29 is 13.9 Å². The fraction of sp³-hybridized carbons (Fsp3) is 0.424. The number of nitrogens with one attached hydrogen (secondary N) is 1. The zero-order chi connectivity index (χ0) is 28.3. The Morgan fingerprint density at radius 2 is 1.36 bits per heavy atom. The first-order valence-electron chi connectivity index (χ1n) is 14.0. The molecule has 0 fully saturated rings. The molecule has 3 aromatic carbocycles. The highest BCUT2D eigenvalue weighted by Gasteiger charge is 2.39. The molecule has 3 rings (SSSR count). The van der Waals surface area contributed by atoms with E-state index in [0.29, 0.717) is 5.17 Å². The highest BCUT2D eigenvalue weighted by atomic mass is 32.1. The summed E-state index contributed by atoms with van der Waals surface area (Å²) in [6.45, 7) is 12.0. The van der Waals surface area contributed by atoms with Gasteiger partial charge in [0.15, 0.2) is 5.75 Å². The molecule has 3 aromatic rings. The maximum atomic E-state index is 6.54. The van der Waals surface area contributed by atoms with Crippen molar-refractivity contribution >= 4 is 25.7 Å². The van der Waals surface area contributed by atoms with Gasteiger partial charge in [-0.05, 0) is 91.3 Å². The lowest BCUT2D eigenvalue weighted by Crippen LogP contribution is -2.43. The van der Waals surface area contributed by atoms with Crippen LogP contribution in [0, 0.1) is 0 Å². The number of hydrogen-bond acceptors (Lipinski definition) is 4. The molecule has 4 nitrogen and oxygen atoms in total. The number of aryl methyl sites for hydroxylation is 2. The molecule has 1 unspecified atom stereocenters.